The molecule has 1 aromatic carbocycles. The van der Waals surface area contributed by atoms with Crippen molar-refractivity contribution >= 4 is 11.6 Å². The van der Waals surface area contributed by atoms with Gasteiger partial charge in [-0.3, -0.25) is 0 Å². The fraction of sp³-hybridized carbons (Fsp3) is 0.300. The predicted molar refractivity (Wildman–Crippen MR) is 49.7 cm³/mol. The minimum Gasteiger partial charge on any atom is -0.0840 e. The van der Waals surface area contributed by atoms with Gasteiger partial charge in [-0.1, -0.05) is 43.6 Å². The highest BCUT2D eigenvalue weighted by molar-refractivity contribution is 6.31. The monoisotopic (exact) mass is 167 g/mol. The zero-order valence-corrected chi connectivity index (χ0v) is 7.65. The standard InChI is InChI=1S/C10H12Cl/c1-8(2)7-9-5-3-4-6-10(9)11/h3-6H,7H2,1-2H3. The fourth-order valence-corrected chi connectivity index (χ4v) is 1.23. The molecule has 0 atom stereocenters. The summed E-state index contributed by atoms with van der Waals surface area (Å²) in [6, 6.07) is 7.97. The van der Waals surface area contributed by atoms with E-state index in [0.29, 0.717) is 0 Å². The molecule has 0 bridgehead atoms. The largest absolute Gasteiger partial charge is 0.0840 e. The van der Waals surface area contributed by atoms with E-state index in [9.17, 15) is 0 Å². The van der Waals surface area contributed by atoms with Gasteiger partial charge in [0.1, 0.15) is 0 Å². The Balaban J connectivity index is 2.78. The summed E-state index contributed by atoms with van der Waals surface area (Å²) >= 11 is 5.95. The van der Waals surface area contributed by atoms with E-state index in [-0.39, 0.29) is 0 Å². The first-order chi connectivity index (χ1) is 5.20. The third-order valence-corrected chi connectivity index (χ3v) is 1.87. The molecule has 0 aliphatic rings. The molecule has 0 nitrogen and oxygen atoms in total. The van der Waals surface area contributed by atoms with Crippen LogP contribution in [0, 0.1) is 5.92 Å². The van der Waals surface area contributed by atoms with Gasteiger partial charge in [-0.15, -0.1) is 0 Å². The Morgan fingerprint density at radius 1 is 1.27 bits per heavy atom. The molecule has 0 aliphatic carbocycles. The Labute approximate surface area is 73.2 Å². The summed E-state index contributed by atoms with van der Waals surface area (Å²) in [5.74, 6) is 1.39. The van der Waals surface area contributed by atoms with Crippen molar-refractivity contribution in [3.05, 3.63) is 40.8 Å². The van der Waals surface area contributed by atoms with Crippen LogP contribution in [-0.2, 0) is 6.42 Å². The SMILES string of the molecule is C[C](C)Cc1ccccc1Cl. The van der Waals surface area contributed by atoms with Gasteiger partial charge in [-0.2, -0.15) is 0 Å². The van der Waals surface area contributed by atoms with Gasteiger partial charge >= 0.3 is 0 Å². The lowest BCUT2D eigenvalue weighted by atomic mass is 10.0. The minimum absolute atomic E-state index is 0.869. The van der Waals surface area contributed by atoms with Crippen molar-refractivity contribution in [2.24, 2.45) is 0 Å². The van der Waals surface area contributed by atoms with E-state index >= 15 is 0 Å². The van der Waals surface area contributed by atoms with Crippen LogP contribution in [0.2, 0.25) is 5.02 Å². The smallest absolute Gasteiger partial charge is 0.0438 e. The molecule has 1 heteroatoms. The van der Waals surface area contributed by atoms with E-state index in [0.717, 1.165) is 11.4 Å². The minimum atomic E-state index is 0.869. The van der Waals surface area contributed by atoms with Crippen molar-refractivity contribution in [2.45, 2.75) is 20.3 Å². The van der Waals surface area contributed by atoms with E-state index in [1.54, 1.807) is 0 Å². The molecular weight excluding hydrogens is 156 g/mol. The summed E-state index contributed by atoms with van der Waals surface area (Å²) in [7, 11) is 0. The van der Waals surface area contributed by atoms with E-state index in [1.807, 2.05) is 18.2 Å². The van der Waals surface area contributed by atoms with E-state index in [4.69, 9.17) is 11.6 Å². The van der Waals surface area contributed by atoms with Crippen LogP contribution in [0.15, 0.2) is 24.3 Å². The Morgan fingerprint density at radius 2 is 1.91 bits per heavy atom. The predicted octanol–water partition coefficient (Wildman–Crippen LogP) is 3.50. The molecule has 1 rings (SSSR count). The lowest BCUT2D eigenvalue weighted by Crippen LogP contribution is -1.91. The maximum atomic E-state index is 5.95. The maximum absolute atomic E-state index is 5.95. The first kappa shape index (κ1) is 8.61. The number of hydrogen-bond acceptors (Lipinski definition) is 0. The highest BCUT2D eigenvalue weighted by Gasteiger charge is 2.00. The lowest BCUT2D eigenvalue weighted by Gasteiger charge is -2.05. The van der Waals surface area contributed by atoms with E-state index in [1.165, 1.54) is 11.5 Å². The molecule has 0 fully saturated rings. The number of rotatable bonds is 2. The van der Waals surface area contributed by atoms with Crippen LogP contribution in [0.1, 0.15) is 19.4 Å². The third kappa shape index (κ3) is 2.55. The van der Waals surface area contributed by atoms with Crippen LogP contribution in [0.25, 0.3) is 0 Å². The molecule has 1 aromatic rings. The molecule has 0 saturated heterocycles. The van der Waals surface area contributed by atoms with Crippen LogP contribution in [0.3, 0.4) is 0 Å². The molecule has 0 heterocycles. The molecule has 11 heavy (non-hydrogen) atoms. The van der Waals surface area contributed by atoms with E-state index < -0.39 is 0 Å². The van der Waals surface area contributed by atoms with Gasteiger partial charge in [0.05, 0.1) is 0 Å². The molecule has 0 aromatic heterocycles. The number of hydrogen-bond donors (Lipinski definition) is 0. The molecule has 0 spiro atoms. The molecule has 0 N–H and O–H groups in total. The Hall–Kier alpha value is -0.490. The van der Waals surface area contributed by atoms with Crippen LogP contribution in [0.4, 0.5) is 0 Å². The Kier molecular flexibility index (Phi) is 2.95. The van der Waals surface area contributed by atoms with Gasteiger partial charge < -0.3 is 0 Å². The summed E-state index contributed by atoms with van der Waals surface area (Å²) in [5.41, 5.74) is 1.22. The lowest BCUT2D eigenvalue weighted by molar-refractivity contribution is 0.957. The first-order valence-corrected chi connectivity index (χ1v) is 4.10. The van der Waals surface area contributed by atoms with Gasteiger partial charge in [0.25, 0.3) is 0 Å². The second kappa shape index (κ2) is 3.77. The highest BCUT2D eigenvalue weighted by Crippen LogP contribution is 2.18. The average molecular weight is 168 g/mol. The van der Waals surface area contributed by atoms with Gasteiger partial charge in [0.15, 0.2) is 0 Å². The van der Waals surface area contributed by atoms with Crippen molar-refractivity contribution in [3.63, 3.8) is 0 Å². The van der Waals surface area contributed by atoms with Gasteiger partial charge in [-0.05, 0) is 24.0 Å². The van der Waals surface area contributed by atoms with Gasteiger partial charge in [0, 0.05) is 5.02 Å². The van der Waals surface area contributed by atoms with Crippen LogP contribution in [0.5, 0.6) is 0 Å². The van der Waals surface area contributed by atoms with Crippen molar-refractivity contribution in [1.82, 2.24) is 0 Å². The zero-order valence-electron chi connectivity index (χ0n) is 6.89. The van der Waals surface area contributed by atoms with Crippen molar-refractivity contribution in [3.8, 4) is 0 Å². The Morgan fingerprint density at radius 3 is 2.45 bits per heavy atom. The summed E-state index contributed by atoms with van der Waals surface area (Å²) in [4.78, 5) is 0. The first-order valence-electron chi connectivity index (χ1n) is 3.72. The third-order valence-electron chi connectivity index (χ3n) is 1.50. The van der Waals surface area contributed by atoms with Crippen molar-refractivity contribution in [2.75, 3.05) is 0 Å². The fourth-order valence-electron chi connectivity index (χ4n) is 1.02. The topological polar surface area (TPSA) is 0 Å². The normalized spacial score (nSPS) is 10.5. The average Bonchev–Trinajstić information content (AvgIpc) is 1.93. The molecular formula is C10H12Cl. The Bertz CT molecular complexity index is 228. The second-order valence-corrected chi connectivity index (χ2v) is 3.38. The summed E-state index contributed by atoms with van der Waals surface area (Å²) in [6.45, 7) is 4.23. The molecule has 0 saturated carbocycles. The van der Waals surface area contributed by atoms with Crippen LogP contribution >= 0.6 is 11.6 Å². The molecule has 59 valence electrons. The number of benzene rings is 1. The van der Waals surface area contributed by atoms with Gasteiger partial charge in [-0.25, -0.2) is 0 Å². The van der Waals surface area contributed by atoms with Crippen LogP contribution in [-0.4, -0.2) is 0 Å². The quantitative estimate of drug-likeness (QED) is 0.633. The molecule has 0 unspecified atom stereocenters. The maximum Gasteiger partial charge on any atom is 0.0438 e. The summed E-state index contributed by atoms with van der Waals surface area (Å²) in [6.07, 6.45) is 0.986. The number of halogens is 1. The summed E-state index contributed by atoms with van der Waals surface area (Å²) in [5, 5.41) is 0.869. The molecule has 0 amide bonds. The summed E-state index contributed by atoms with van der Waals surface area (Å²) < 4.78 is 0. The second-order valence-electron chi connectivity index (χ2n) is 2.98. The van der Waals surface area contributed by atoms with Crippen LogP contribution < -0.4 is 0 Å². The van der Waals surface area contributed by atoms with Gasteiger partial charge in [0.2, 0.25) is 0 Å². The van der Waals surface area contributed by atoms with Crippen molar-refractivity contribution < 1.29 is 0 Å². The molecule has 0 aliphatic heterocycles. The van der Waals surface area contributed by atoms with Crippen molar-refractivity contribution in [1.29, 1.82) is 0 Å². The van der Waals surface area contributed by atoms with E-state index in [2.05, 4.69) is 19.9 Å². The molecule has 1 radical (unpaired) electrons. The zero-order chi connectivity index (χ0) is 8.27. The highest BCUT2D eigenvalue weighted by atomic mass is 35.5.